The van der Waals surface area contributed by atoms with E-state index in [9.17, 15) is 10.1 Å². The molecular formula is C19H16ClN5O3. The maximum absolute atomic E-state index is 11.3. The lowest BCUT2D eigenvalue weighted by atomic mass is 10.1. The standard InChI is InChI=1S/C19H16ClN5O3/c1-12(19-23-22-18-4-2-3-9-24(18)19)21-11-14-6-8-17(28-14)15-7-5-13(20)10-16(15)25(26)27/h2-10,12,21H,11H2,1H3. The summed E-state index contributed by atoms with van der Waals surface area (Å²) in [6.45, 7) is 2.42. The molecule has 8 nitrogen and oxygen atoms in total. The van der Waals surface area contributed by atoms with Crippen LogP contribution >= 0.6 is 11.6 Å². The second kappa shape index (κ2) is 7.41. The summed E-state index contributed by atoms with van der Waals surface area (Å²) in [6, 6.07) is 13.6. The average Bonchev–Trinajstić information content (AvgIpc) is 3.33. The highest BCUT2D eigenvalue weighted by Gasteiger charge is 2.19. The van der Waals surface area contributed by atoms with Gasteiger partial charge >= 0.3 is 0 Å². The summed E-state index contributed by atoms with van der Waals surface area (Å²) in [5.41, 5.74) is 1.07. The van der Waals surface area contributed by atoms with E-state index in [-0.39, 0.29) is 11.7 Å². The number of pyridine rings is 1. The molecule has 9 heteroatoms. The van der Waals surface area contributed by atoms with E-state index in [1.807, 2.05) is 35.7 Å². The third kappa shape index (κ3) is 3.47. The fraction of sp³-hybridized carbons (Fsp3) is 0.158. The number of nitro benzene ring substituents is 1. The molecule has 4 rings (SSSR count). The predicted octanol–water partition coefficient (Wildman–Crippen LogP) is 4.40. The summed E-state index contributed by atoms with van der Waals surface area (Å²) in [6.07, 6.45) is 1.91. The van der Waals surface area contributed by atoms with E-state index in [2.05, 4.69) is 15.5 Å². The van der Waals surface area contributed by atoms with E-state index in [4.69, 9.17) is 16.0 Å². The quantitative estimate of drug-likeness (QED) is 0.382. The largest absolute Gasteiger partial charge is 0.459 e. The summed E-state index contributed by atoms with van der Waals surface area (Å²) in [7, 11) is 0. The van der Waals surface area contributed by atoms with Crippen LogP contribution in [-0.2, 0) is 6.54 Å². The Morgan fingerprint density at radius 1 is 1.25 bits per heavy atom. The molecule has 0 saturated carbocycles. The first-order chi connectivity index (χ1) is 13.5. The third-order valence-corrected chi connectivity index (χ3v) is 4.63. The van der Waals surface area contributed by atoms with Crippen LogP contribution in [-0.4, -0.2) is 19.5 Å². The van der Waals surface area contributed by atoms with Crippen LogP contribution in [0.2, 0.25) is 5.02 Å². The normalized spacial score (nSPS) is 12.4. The number of hydrogen-bond donors (Lipinski definition) is 1. The lowest BCUT2D eigenvalue weighted by Crippen LogP contribution is -2.20. The Balaban J connectivity index is 1.51. The first-order valence-electron chi connectivity index (χ1n) is 8.59. The minimum atomic E-state index is -0.472. The van der Waals surface area contributed by atoms with Crippen LogP contribution < -0.4 is 5.32 Å². The Morgan fingerprint density at radius 2 is 2.11 bits per heavy atom. The smallest absolute Gasteiger partial charge is 0.281 e. The number of nitro groups is 1. The van der Waals surface area contributed by atoms with Crippen molar-refractivity contribution >= 4 is 22.9 Å². The van der Waals surface area contributed by atoms with Crippen molar-refractivity contribution in [1.82, 2.24) is 19.9 Å². The molecular weight excluding hydrogens is 382 g/mol. The Hall–Kier alpha value is -3.23. The molecule has 1 N–H and O–H groups in total. The van der Waals surface area contributed by atoms with Gasteiger partial charge in [0.15, 0.2) is 11.5 Å². The summed E-state index contributed by atoms with van der Waals surface area (Å²) >= 11 is 5.87. The maximum Gasteiger partial charge on any atom is 0.281 e. The van der Waals surface area contributed by atoms with Gasteiger partial charge in [-0.15, -0.1) is 10.2 Å². The molecule has 0 fully saturated rings. The number of rotatable bonds is 6. The fourth-order valence-corrected chi connectivity index (χ4v) is 3.15. The predicted molar refractivity (Wildman–Crippen MR) is 104 cm³/mol. The van der Waals surface area contributed by atoms with Gasteiger partial charge in [0, 0.05) is 17.3 Å². The summed E-state index contributed by atoms with van der Waals surface area (Å²) in [4.78, 5) is 10.8. The van der Waals surface area contributed by atoms with Crippen molar-refractivity contribution in [3.63, 3.8) is 0 Å². The van der Waals surface area contributed by atoms with Gasteiger partial charge in [0.1, 0.15) is 11.5 Å². The van der Waals surface area contributed by atoms with Crippen molar-refractivity contribution < 1.29 is 9.34 Å². The molecule has 142 valence electrons. The Kier molecular flexibility index (Phi) is 4.81. The minimum absolute atomic E-state index is 0.0733. The topological polar surface area (TPSA) is 98.5 Å². The molecule has 0 radical (unpaired) electrons. The molecule has 0 amide bonds. The molecule has 1 unspecified atom stereocenters. The number of furan rings is 1. The van der Waals surface area contributed by atoms with E-state index >= 15 is 0 Å². The van der Waals surface area contributed by atoms with Gasteiger partial charge in [0.05, 0.1) is 23.1 Å². The maximum atomic E-state index is 11.3. The van der Waals surface area contributed by atoms with Crippen LogP contribution in [0.25, 0.3) is 17.0 Å². The van der Waals surface area contributed by atoms with Gasteiger partial charge in [-0.3, -0.25) is 14.5 Å². The molecule has 28 heavy (non-hydrogen) atoms. The highest BCUT2D eigenvalue weighted by Crippen LogP contribution is 2.33. The van der Waals surface area contributed by atoms with Crippen molar-refractivity contribution in [2.75, 3.05) is 0 Å². The lowest BCUT2D eigenvalue weighted by molar-refractivity contribution is -0.384. The van der Waals surface area contributed by atoms with Gasteiger partial charge in [-0.05, 0) is 43.3 Å². The molecule has 4 aromatic rings. The van der Waals surface area contributed by atoms with E-state index in [1.165, 1.54) is 6.07 Å². The van der Waals surface area contributed by atoms with Crippen molar-refractivity contribution in [2.24, 2.45) is 0 Å². The second-order valence-electron chi connectivity index (χ2n) is 6.27. The van der Waals surface area contributed by atoms with E-state index in [0.29, 0.717) is 28.7 Å². The summed E-state index contributed by atoms with van der Waals surface area (Å²) in [5.74, 6) is 1.86. The molecule has 1 aromatic carbocycles. The average molecular weight is 398 g/mol. The Labute approximate surface area is 164 Å². The van der Waals surface area contributed by atoms with E-state index < -0.39 is 4.92 Å². The zero-order valence-corrected chi connectivity index (χ0v) is 15.6. The van der Waals surface area contributed by atoms with Crippen LogP contribution in [0.5, 0.6) is 0 Å². The van der Waals surface area contributed by atoms with E-state index in [1.54, 1.807) is 24.3 Å². The summed E-state index contributed by atoms with van der Waals surface area (Å²) < 4.78 is 7.72. The van der Waals surface area contributed by atoms with Crippen LogP contribution in [0.1, 0.15) is 24.6 Å². The van der Waals surface area contributed by atoms with Gasteiger partial charge in [0.2, 0.25) is 0 Å². The zero-order valence-electron chi connectivity index (χ0n) is 14.9. The van der Waals surface area contributed by atoms with Crippen molar-refractivity contribution in [1.29, 1.82) is 0 Å². The molecule has 0 aliphatic heterocycles. The van der Waals surface area contributed by atoms with Crippen molar-refractivity contribution in [3.05, 3.63) is 81.4 Å². The fourth-order valence-electron chi connectivity index (χ4n) is 2.98. The first kappa shape index (κ1) is 18.1. The number of halogens is 1. The molecule has 3 heterocycles. The minimum Gasteiger partial charge on any atom is -0.459 e. The zero-order chi connectivity index (χ0) is 19.7. The monoisotopic (exact) mass is 397 g/mol. The third-order valence-electron chi connectivity index (χ3n) is 4.39. The SMILES string of the molecule is CC(NCc1ccc(-c2ccc(Cl)cc2[N+](=O)[O-])o1)c1nnc2ccccn12. The molecule has 0 aliphatic rings. The Bertz CT molecular complexity index is 1150. The summed E-state index contributed by atoms with van der Waals surface area (Å²) in [5, 5.41) is 23.3. The van der Waals surface area contributed by atoms with Crippen LogP contribution in [0.15, 0.2) is 59.1 Å². The molecule has 0 saturated heterocycles. The highest BCUT2D eigenvalue weighted by molar-refractivity contribution is 6.30. The number of nitrogens with zero attached hydrogens (tertiary/aromatic N) is 4. The van der Waals surface area contributed by atoms with Crippen molar-refractivity contribution in [2.45, 2.75) is 19.5 Å². The highest BCUT2D eigenvalue weighted by atomic mass is 35.5. The molecule has 0 bridgehead atoms. The number of aromatic nitrogens is 3. The first-order valence-corrected chi connectivity index (χ1v) is 8.97. The second-order valence-corrected chi connectivity index (χ2v) is 6.71. The molecule has 3 aromatic heterocycles. The number of hydrogen-bond acceptors (Lipinski definition) is 6. The van der Waals surface area contributed by atoms with Gasteiger partial charge in [-0.2, -0.15) is 0 Å². The van der Waals surface area contributed by atoms with Crippen LogP contribution in [0, 0.1) is 10.1 Å². The van der Waals surface area contributed by atoms with Gasteiger partial charge in [-0.25, -0.2) is 0 Å². The lowest BCUT2D eigenvalue weighted by Gasteiger charge is -2.11. The number of fused-ring (bicyclic) bond motifs is 1. The van der Waals surface area contributed by atoms with Crippen LogP contribution in [0.3, 0.4) is 0 Å². The van der Waals surface area contributed by atoms with Gasteiger partial charge in [0.25, 0.3) is 5.69 Å². The Morgan fingerprint density at radius 3 is 2.93 bits per heavy atom. The van der Waals surface area contributed by atoms with E-state index in [0.717, 1.165) is 11.5 Å². The van der Waals surface area contributed by atoms with Gasteiger partial charge < -0.3 is 9.73 Å². The van der Waals surface area contributed by atoms with Crippen LogP contribution in [0.4, 0.5) is 5.69 Å². The number of nitrogens with one attached hydrogen (secondary N) is 1. The molecule has 0 aliphatic carbocycles. The number of benzene rings is 1. The van der Waals surface area contributed by atoms with Crippen molar-refractivity contribution in [3.8, 4) is 11.3 Å². The molecule has 0 spiro atoms. The molecule has 1 atom stereocenters. The van der Waals surface area contributed by atoms with Gasteiger partial charge in [-0.1, -0.05) is 17.7 Å².